The van der Waals surface area contributed by atoms with Crippen LogP contribution in [0, 0.1) is 10.1 Å². The quantitative estimate of drug-likeness (QED) is 0.200. The maximum Gasteiger partial charge on any atom is 0.269 e. The molecule has 10 heteroatoms. The Bertz CT molecular complexity index is 1160. The van der Waals surface area contributed by atoms with Crippen molar-refractivity contribution in [2.24, 2.45) is 0 Å². The van der Waals surface area contributed by atoms with Gasteiger partial charge in [0.1, 0.15) is 0 Å². The Morgan fingerprint density at radius 1 is 1.31 bits per heavy atom. The number of thioether (sulfide) groups is 1. The van der Waals surface area contributed by atoms with Crippen molar-refractivity contribution in [3.05, 3.63) is 80.6 Å². The smallest absolute Gasteiger partial charge is 0.269 e. The fourth-order valence-electron chi connectivity index (χ4n) is 2.57. The third-order valence-electron chi connectivity index (χ3n) is 3.89. The number of benzene rings is 2. The molecule has 0 saturated carbocycles. The summed E-state index contributed by atoms with van der Waals surface area (Å²) in [6.07, 6.45) is 1.58. The van der Waals surface area contributed by atoms with E-state index in [1.807, 2.05) is 0 Å². The minimum absolute atomic E-state index is 0.00730. The fourth-order valence-corrected chi connectivity index (χ4v) is 3.54. The van der Waals surface area contributed by atoms with Crippen molar-refractivity contribution in [3.63, 3.8) is 0 Å². The van der Waals surface area contributed by atoms with Crippen LogP contribution in [0.1, 0.15) is 0 Å². The van der Waals surface area contributed by atoms with E-state index in [1.54, 1.807) is 24.3 Å². The number of hydrogen-bond acceptors (Lipinski definition) is 6. The molecular formula is C19H15ClN4O4S. The number of non-ortho nitro benzene ring substituents is 1. The first-order chi connectivity index (χ1) is 13.9. The van der Waals surface area contributed by atoms with Crippen molar-refractivity contribution in [2.75, 3.05) is 11.1 Å². The van der Waals surface area contributed by atoms with Gasteiger partial charge in [-0.05, 0) is 30.3 Å². The van der Waals surface area contributed by atoms with E-state index in [4.69, 9.17) is 11.6 Å². The Labute approximate surface area is 174 Å². The fraction of sp³-hybridized carbons (Fsp3) is 0.105. The van der Waals surface area contributed by atoms with Gasteiger partial charge in [-0.15, -0.1) is 6.58 Å². The predicted molar refractivity (Wildman–Crippen MR) is 114 cm³/mol. The average Bonchev–Trinajstić information content (AvgIpc) is 2.69. The van der Waals surface area contributed by atoms with E-state index in [9.17, 15) is 19.7 Å². The van der Waals surface area contributed by atoms with E-state index in [0.717, 1.165) is 11.8 Å². The first kappa shape index (κ1) is 20.6. The largest absolute Gasteiger partial charge is 0.325 e. The van der Waals surface area contributed by atoms with Crippen molar-refractivity contribution in [3.8, 4) is 0 Å². The summed E-state index contributed by atoms with van der Waals surface area (Å²) in [4.78, 5) is 39.6. The molecule has 0 unspecified atom stereocenters. The van der Waals surface area contributed by atoms with Gasteiger partial charge >= 0.3 is 0 Å². The number of carbonyl (C=O) groups excluding carboxylic acids is 1. The van der Waals surface area contributed by atoms with Crippen LogP contribution in [0.3, 0.4) is 0 Å². The molecule has 1 N–H and O–H groups in total. The molecule has 3 aromatic rings. The average molecular weight is 431 g/mol. The van der Waals surface area contributed by atoms with E-state index in [0.29, 0.717) is 26.8 Å². The lowest BCUT2D eigenvalue weighted by Gasteiger charge is -2.11. The summed E-state index contributed by atoms with van der Waals surface area (Å²) in [5.74, 6) is -0.346. The minimum atomic E-state index is -0.516. The molecule has 0 radical (unpaired) electrons. The molecule has 148 valence electrons. The van der Waals surface area contributed by atoms with Gasteiger partial charge in [0.2, 0.25) is 5.91 Å². The van der Waals surface area contributed by atoms with Crippen LogP contribution in [0.5, 0.6) is 0 Å². The summed E-state index contributed by atoms with van der Waals surface area (Å²) >= 11 is 7.09. The lowest BCUT2D eigenvalue weighted by atomic mass is 10.2. The standard InChI is InChI=1S/C19H15ClN4O4S/c1-2-9-23-18(26)15-8-3-12(20)10-16(15)22-19(23)29-11-17(25)21-13-4-6-14(7-5-13)24(27)28/h2-8,10H,1,9,11H2,(H,21,25). The van der Waals surface area contributed by atoms with Gasteiger partial charge in [-0.2, -0.15) is 0 Å². The highest BCUT2D eigenvalue weighted by molar-refractivity contribution is 7.99. The number of aromatic nitrogens is 2. The molecule has 0 spiro atoms. The molecule has 1 aromatic heterocycles. The van der Waals surface area contributed by atoms with Crippen molar-refractivity contribution in [1.82, 2.24) is 9.55 Å². The van der Waals surface area contributed by atoms with Gasteiger partial charge in [-0.25, -0.2) is 4.98 Å². The van der Waals surface area contributed by atoms with Crippen LogP contribution < -0.4 is 10.9 Å². The summed E-state index contributed by atoms with van der Waals surface area (Å²) in [6.45, 7) is 3.90. The molecular weight excluding hydrogens is 416 g/mol. The predicted octanol–water partition coefficient (Wildman–Crippen LogP) is 3.87. The zero-order valence-electron chi connectivity index (χ0n) is 15.0. The molecule has 0 aliphatic carbocycles. The third kappa shape index (κ3) is 4.82. The number of nitro benzene ring substituents is 1. The first-order valence-corrected chi connectivity index (χ1v) is 9.73. The van der Waals surface area contributed by atoms with Crippen molar-refractivity contribution in [2.45, 2.75) is 11.7 Å². The topological polar surface area (TPSA) is 107 Å². The number of nitro groups is 1. The monoisotopic (exact) mass is 430 g/mol. The molecule has 1 amide bonds. The summed E-state index contributed by atoms with van der Waals surface area (Å²) in [7, 11) is 0. The highest BCUT2D eigenvalue weighted by Gasteiger charge is 2.13. The maximum atomic E-state index is 12.7. The maximum absolute atomic E-state index is 12.7. The van der Waals surface area contributed by atoms with E-state index in [-0.39, 0.29) is 29.5 Å². The Morgan fingerprint density at radius 2 is 2.03 bits per heavy atom. The SMILES string of the molecule is C=CCn1c(SCC(=O)Nc2ccc([N+](=O)[O-])cc2)nc2cc(Cl)ccc2c1=O. The van der Waals surface area contributed by atoms with Crippen molar-refractivity contribution < 1.29 is 9.72 Å². The normalized spacial score (nSPS) is 10.7. The van der Waals surface area contributed by atoms with Gasteiger partial charge in [0.05, 0.1) is 21.6 Å². The van der Waals surface area contributed by atoms with Crippen LogP contribution in [0.25, 0.3) is 10.9 Å². The molecule has 2 aromatic carbocycles. The number of nitrogens with one attached hydrogen (secondary N) is 1. The second-order valence-corrected chi connectivity index (χ2v) is 7.28. The Kier molecular flexibility index (Phi) is 6.30. The van der Waals surface area contributed by atoms with Crippen LogP contribution in [0.2, 0.25) is 5.02 Å². The number of allylic oxidation sites excluding steroid dienone is 1. The van der Waals surface area contributed by atoms with Crippen LogP contribution in [-0.4, -0.2) is 26.1 Å². The van der Waals surface area contributed by atoms with Gasteiger partial charge in [0.25, 0.3) is 11.2 Å². The molecule has 0 aliphatic rings. The summed E-state index contributed by atoms with van der Waals surface area (Å²) < 4.78 is 1.44. The lowest BCUT2D eigenvalue weighted by molar-refractivity contribution is -0.384. The number of fused-ring (bicyclic) bond motifs is 1. The molecule has 0 atom stereocenters. The molecule has 0 saturated heterocycles. The Hall–Kier alpha value is -3.17. The molecule has 0 bridgehead atoms. The first-order valence-electron chi connectivity index (χ1n) is 8.37. The Morgan fingerprint density at radius 3 is 2.69 bits per heavy atom. The highest BCUT2D eigenvalue weighted by atomic mass is 35.5. The number of amides is 1. The van der Waals surface area contributed by atoms with Crippen LogP contribution >= 0.6 is 23.4 Å². The van der Waals surface area contributed by atoms with Crippen LogP contribution in [0.15, 0.2) is 65.1 Å². The highest BCUT2D eigenvalue weighted by Crippen LogP contribution is 2.21. The van der Waals surface area contributed by atoms with E-state index < -0.39 is 4.92 Å². The number of hydrogen-bond donors (Lipinski definition) is 1. The number of halogens is 1. The number of nitrogens with zero attached hydrogens (tertiary/aromatic N) is 3. The molecule has 29 heavy (non-hydrogen) atoms. The number of anilines is 1. The van der Waals surface area contributed by atoms with E-state index in [2.05, 4.69) is 16.9 Å². The van der Waals surface area contributed by atoms with Gasteiger partial charge in [-0.1, -0.05) is 29.4 Å². The molecule has 0 aliphatic heterocycles. The zero-order chi connectivity index (χ0) is 21.0. The summed E-state index contributed by atoms with van der Waals surface area (Å²) in [6, 6.07) is 10.3. The van der Waals surface area contributed by atoms with E-state index >= 15 is 0 Å². The number of rotatable bonds is 7. The molecule has 8 nitrogen and oxygen atoms in total. The number of carbonyl (C=O) groups is 1. The van der Waals surface area contributed by atoms with Gasteiger partial charge < -0.3 is 5.32 Å². The van der Waals surface area contributed by atoms with Crippen molar-refractivity contribution >= 4 is 51.5 Å². The van der Waals surface area contributed by atoms with E-state index in [1.165, 1.54) is 28.8 Å². The van der Waals surface area contributed by atoms with Crippen molar-refractivity contribution in [1.29, 1.82) is 0 Å². The van der Waals surface area contributed by atoms with Gasteiger partial charge in [-0.3, -0.25) is 24.3 Å². The van der Waals surface area contributed by atoms with Crippen LogP contribution in [-0.2, 0) is 11.3 Å². The van der Waals surface area contributed by atoms with Gasteiger partial charge in [0.15, 0.2) is 5.16 Å². The minimum Gasteiger partial charge on any atom is -0.325 e. The Balaban J connectivity index is 1.79. The lowest BCUT2D eigenvalue weighted by Crippen LogP contribution is -2.23. The second kappa shape index (κ2) is 8.89. The second-order valence-electron chi connectivity index (χ2n) is 5.90. The van der Waals surface area contributed by atoms with Crippen LogP contribution in [0.4, 0.5) is 11.4 Å². The summed E-state index contributed by atoms with van der Waals surface area (Å²) in [5.41, 5.74) is 0.568. The van der Waals surface area contributed by atoms with Gasteiger partial charge in [0, 0.05) is 29.4 Å². The zero-order valence-corrected chi connectivity index (χ0v) is 16.6. The summed E-state index contributed by atoms with van der Waals surface area (Å²) in [5, 5.41) is 14.6. The molecule has 1 heterocycles. The molecule has 3 rings (SSSR count). The third-order valence-corrected chi connectivity index (χ3v) is 5.10. The molecule has 0 fully saturated rings.